The van der Waals surface area contributed by atoms with Crippen LogP contribution in [0, 0.1) is 12.8 Å². The smallest absolute Gasteiger partial charge is 0.318 e. The zero-order valence-electron chi connectivity index (χ0n) is 12.6. The van der Waals surface area contributed by atoms with E-state index in [4.69, 9.17) is 4.74 Å². The highest BCUT2D eigenvalue weighted by atomic mass is 19.3. The molecule has 0 saturated carbocycles. The predicted molar refractivity (Wildman–Crippen MR) is 76.1 cm³/mol. The number of hydrogen-bond acceptors (Lipinski definition) is 3. The molecule has 0 aliphatic carbocycles. The Morgan fingerprint density at radius 2 is 1.86 bits per heavy atom. The molecule has 118 valence electrons. The quantitative estimate of drug-likeness (QED) is 0.785. The molecule has 3 nitrogen and oxygen atoms in total. The van der Waals surface area contributed by atoms with Crippen LogP contribution in [0.3, 0.4) is 0 Å². The molecule has 1 aromatic rings. The molecule has 0 spiro atoms. The molecule has 2 atom stereocenters. The maximum Gasteiger partial charge on any atom is 0.318 e. The van der Waals surface area contributed by atoms with E-state index in [0.29, 0.717) is 12.0 Å². The molecular weight excluding hydrogens is 278 g/mol. The van der Waals surface area contributed by atoms with E-state index in [0.717, 1.165) is 5.56 Å². The van der Waals surface area contributed by atoms with Crippen molar-refractivity contribution >= 4 is 5.97 Å². The van der Waals surface area contributed by atoms with E-state index < -0.39 is 23.9 Å². The van der Waals surface area contributed by atoms with E-state index in [-0.39, 0.29) is 13.0 Å². The van der Waals surface area contributed by atoms with E-state index in [1.165, 1.54) is 0 Å². The van der Waals surface area contributed by atoms with Gasteiger partial charge in [0.15, 0.2) is 5.92 Å². The number of carbonyl (C=O) groups excluding carboxylic acids is 1. The van der Waals surface area contributed by atoms with Crippen LogP contribution in [0.25, 0.3) is 0 Å². The van der Waals surface area contributed by atoms with Crippen LogP contribution < -0.4 is 0 Å². The highest BCUT2D eigenvalue weighted by molar-refractivity contribution is 5.74. The summed E-state index contributed by atoms with van der Waals surface area (Å²) in [6.07, 6.45) is -2.47. The summed E-state index contributed by atoms with van der Waals surface area (Å²) in [6, 6.07) is 6.62. The topological polar surface area (TPSA) is 46.5 Å². The van der Waals surface area contributed by atoms with Gasteiger partial charge in [0.25, 0.3) is 6.43 Å². The summed E-state index contributed by atoms with van der Waals surface area (Å²) in [7, 11) is 0. The second kappa shape index (κ2) is 7.50. The number of hydrogen-bond donors (Lipinski definition) is 1. The monoisotopic (exact) mass is 300 g/mol. The Hall–Kier alpha value is -1.49. The van der Waals surface area contributed by atoms with Gasteiger partial charge in [-0.1, -0.05) is 43.2 Å². The van der Waals surface area contributed by atoms with E-state index in [2.05, 4.69) is 0 Å². The lowest BCUT2D eigenvalue weighted by molar-refractivity contribution is -0.173. The van der Waals surface area contributed by atoms with Crippen LogP contribution in [0.1, 0.15) is 37.8 Å². The summed E-state index contributed by atoms with van der Waals surface area (Å²) < 4.78 is 31.5. The van der Waals surface area contributed by atoms with Crippen LogP contribution in [-0.4, -0.2) is 24.1 Å². The second-order valence-corrected chi connectivity index (χ2v) is 5.10. The fraction of sp³-hybridized carbons (Fsp3) is 0.562. The molecule has 0 amide bonds. The van der Waals surface area contributed by atoms with Crippen LogP contribution in [0.5, 0.6) is 0 Å². The Morgan fingerprint density at radius 1 is 1.29 bits per heavy atom. The van der Waals surface area contributed by atoms with Gasteiger partial charge in [0.05, 0.1) is 6.61 Å². The van der Waals surface area contributed by atoms with Gasteiger partial charge in [-0.15, -0.1) is 0 Å². The average Bonchev–Trinajstić information content (AvgIpc) is 2.39. The lowest BCUT2D eigenvalue weighted by atomic mass is 9.78. The van der Waals surface area contributed by atoms with Crippen molar-refractivity contribution in [3.8, 4) is 0 Å². The number of aliphatic hydroxyl groups is 1. The lowest BCUT2D eigenvalue weighted by Crippen LogP contribution is -2.45. The SMILES string of the molecule is CCCC(O)(c1ccc(C)cc1)C(C(=O)OCC)C(F)F. The molecule has 1 aromatic carbocycles. The van der Waals surface area contributed by atoms with Crippen molar-refractivity contribution in [1.82, 2.24) is 0 Å². The first-order valence-corrected chi connectivity index (χ1v) is 7.11. The molecule has 0 fully saturated rings. The van der Waals surface area contributed by atoms with Gasteiger partial charge in [-0.3, -0.25) is 4.79 Å². The third kappa shape index (κ3) is 4.00. The van der Waals surface area contributed by atoms with E-state index in [9.17, 15) is 18.7 Å². The molecule has 2 unspecified atom stereocenters. The minimum Gasteiger partial charge on any atom is -0.466 e. The third-order valence-corrected chi connectivity index (χ3v) is 3.49. The van der Waals surface area contributed by atoms with Gasteiger partial charge in [-0.25, -0.2) is 8.78 Å². The van der Waals surface area contributed by atoms with Crippen molar-refractivity contribution in [2.45, 2.75) is 45.6 Å². The largest absolute Gasteiger partial charge is 0.466 e. The summed E-state index contributed by atoms with van der Waals surface area (Å²) in [6.45, 7) is 5.18. The van der Waals surface area contributed by atoms with Crippen molar-refractivity contribution < 1.29 is 23.4 Å². The number of benzene rings is 1. The zero-order valence-corrected chi connectivity index (χ0v) is 12.6. The van der Waals surface area contributed by atoms with Gasteiger partial charge in [-0.05, 0) is 25.8 Å². The molecule has 1 rings (SSSR count). The van der Waals surface area contributed by atoms with E-state index >= 15 is 0 Å². The minimum atomic E-state index is -3.00. The first-order valence-electron chi connectivity index (χ1n) is 7.11. The molecule has 0 radical (unpaired) electrons. The van der Waals surface area contributed by atoms with Crippen LogP contribution in [0.4, 0.5) is 8.78 Å². The average molecular weight is 300 g/mol. The van der Waals surface area contributed by atoms with Crippen molar-refractivity contribution in [3.05, 3.63) is 35.4 Å². The normalized spacial score (nSPS) is 15.6. The molecule has 21 heavy (non-hydrogen) atoms. The molecule has 5 heteroatoms. The van der Waals surface area contributed by atoms with Crippen molar-refractivity contribution in [3.63, 3.8) is 0 Å². The number of rotatable bonds is 7. The summed E-state index contributed by atoms with van der Waals surface area (Å²) >= 11 is 0. The molecule has 1 N–H and O–H groups in total. The molecule has 0 saturated heterocycles. The Balaban J connectivity index is 3.27. The standard InChI is InChI=1S/C16H22F2O3/c1-4-10-16(20,12-8-6-11(3)7-9-12)13(14(17)18)15(19)21-5-2/h6-9,13-14,20H,4-5,10H2,1-3H3. The third-order valence-electron chi connectivity index (χ3n) is 3.49. The number of carbonyl (C=O) groups is 1. The summed E-state index contributed by atoms with van der Waals surface area (Å²) in [5, 5.41) is 10.8. The first kappa shape index (κ1) is 17.6. The van der Waals surface area contributed by atoms with Gasteiger partial charge >= 0.3 is 5.97 Å². The Kier molecular flexibility index (Phi) is 6.27. The van der Waals surface area contributed by atoms with Gasteiger partial charge in [0, 0.05) is 0 Å². The summed E-state index contributed by atoms with van der Waals surface area (Å²) in [4.78, 5) is 11.9. The fourth-order valence-electron chi connectivity index (χ4n) is 2.44. The molecule has 0 bridgehead atoms. The van der Waals surface area contributed by atoms with E-state index in [1.807, 2.05) is 6.92 Å². The molecule has 0 aliphatic heterocycles. The van der Waals surface area contributed by atoms with Crippen molar-refractivity contribution in [1.29, 1.82) is 0 Å². The van der Waals surface area contributed by atoms with Crippen LogP contribution in [0.15, 0.2) is 24.3 Å². The first-order chi connectivity index (χ1) is 9.86. The minimum absolute atomic E-state index is 0.00183. The number of halogens is 2. The maximum absolute atomic E-state index is 13.4. The van der Waals surface area contributed by atoms with Crippen LogP contribution in [-0.2, 0) is 15.1 Å². The van der Waals surface area contributed by atoms with Gasteiger partial charge in [0.1, 0.15) is 5.60 Å². The van der Waals surface area contributed by atoms with Crippen molar-refractivity contribution in [2.75, 3.05) is 6.61 Å². The van der Waals surface area contributed by atoms with Crippen LogP contribution >= 0.6 is 0 Å². The Labute approximate surface area is 123 Å². The summed E-state index contributed by atoms with van der Waals surface area (Å²) in [5.74, 6) is -2.95. The number of aryl methyl sites for hydroxylation is 1. The van der Waals surface area contributed by atoms with E-state index in [1.54, 1.807) is 38.1 Å². The number of alkyl halides is 2. The zero-order chi connectivity index (χ0) is 16.0. The Morgan fingerprint density at radius 3 is 2.29 bits per heavy atom. The van der Waals surface area contributed by atoms with Crippen molar-refractivity contribution in [2.24, 2.45) is 5.92 Å². The summed E-state index contributed by atoms with van der Waals surface area (Å²) in [5.41, 5.74) is -0.668. The van der Waals surface area contributed by atoms with Gasteiger partial charge < -0.3 is 9.84 Å². The number of ether oxygens (including phenoxy) is 1. The van der Waals surface area contributed by atoms with Gasteiger partial charge in [0.2, 0.25) is 0 Å². The predicted octanol–water partition coefficient (Wildman–Crippen LogP) is 3.43. The maximum atomic E-state index is 13.4. The highest BCUT2D eigenvalue weighted by Crippen LogP contribution is 2.38. The highest BCUT2D eigenvalue weighted by Gasteiger charge is 2.48. The second-order valence-electron chi connectivity index (χ2n) is 5.10. The Bertz CT molecular complexity index is 459. The molecule has 0 aliphatic rings. The molecule has 0 aromatic heterocycles. The fourth-order valence-corrected chi connectivity index (χ4v) is 2.44. The van der Waals surface area contributed by atoms with Crippen LogP contribution in [0.2, 0.25) is 0 Å². The lowest BCUT2D eigenvalue weighted by Gasteiger charge is -2.34. The van der Waals surface area contributed by atoms with Gasteiger partial charge in [-0.2, -0.15) is 0 Å². The molecular formula is C16H22F2O3. The number of esters is 1. The molecule has 0 heterocycles.